The first kappa shape index (κ1) is 16.7. The summed E-state index contributed by atoms with van der Waals surface area (Å²) in [6, 6.07) is 3.33. The molecular weight excluding hydrogens is 338 g/mol. The smallest absolute Gasteiger partial charge is 0.311 e. The molecule has 1 aromatic rings. The van der Waals surface area contributed by atoms with Crippen LogP contribution in [0.1, 0.15) is 19.3 Å². The van der Waals surface area contributed by atoms with Crippen molar-refractivity contribution < 1.29 is 23.2 Å². The number of fused-ring (bicyclic) bond motifs is 1. The highest BCUT2D eigenvalue weighted by Gasteiger charge is 2.55. The van der Waals surface area contributed by atoms with Crippen LogP contribution in [-0.4, -0.2) is 37.5 Å². The summed E-state index contributed by atoms with van der Waals surface area (Å²) in [5.41, 5.74) is -1.10. The molecule has 2 atom stereocenters. The predicted octanol–water partition coefficient (Wildman–Crippen LogP) is 0.933. The molecule has 0 amide bonds. The third-order valence-corrected chi connectivity index (χ3v) is 6.06. The van der Waals surface area contributed by atoms with Crippen LogP contribution in [0, 0.1) is 21.4 Å². The monoisotopic (exact) mass is 355 g/mol. The van der Waals surface area contributed by atoms with E-state index in [9.17, 15) is 28.4 Å². The van der Waals surface area contributed by atoms with Crippen LogP contribution in [0.25, 0.3) is 0 Å². The molecule has 24 heavy (non-hydrogen) atoms. The number of carbonyl (C=O) groups is 1. The maximum atomic E-state index is 11.8. The Hall–Kier alpha value is -2.20. The molecule has 0 aromatic heterocycles. The van der Waals surface area contributed by atoms with Crippen LogP contribution in [0.4, 0.5) is 11.4 Å². The second-order valence-corrected chi connectivity index (χ2v) is 7.91. The van der Waals surface area contributed by atoms with E-state index in [1.54, 1.807) is 4.90 Å². The largest absolute Gasteiger partial charge is 0.481 e. The molecule has 1 saturated carbocycles. The van der Waals surface area contributed by atoms with E-state index >= 15 is 0 Å². The Morgan fingerprint density at radius 3 is 2.71 bits per heavy atom. The number of nitro benzene ring substituents is 1. The highest BCUT2D eigenvalue weighted by Crippen LogP contribution is 2.50. The highest BCUT2D eigenvalue weighted by molar-refractivity contribution is 7.89. The van der Waals surface area contributed by atoms with Crippen LogP contribution < -0.4 is 10.0 Å². The lowest BCUT2D eigenvalue weighted by Gasteiger charge is -2.25. The molecule has 1 aliphatic heterocycles. The molecule has 9 nitrogen and oxygen atoms in total. The molecule has 1 saturated heterocycles. The van der Waals surface area contributed by atoms with Crippen molar-refractivity contribution in [2.45, 2.75) is 24.2 Å². The Morgan fingerprint density at radius 2 is 2.17 bits per heavy atom. The SMILES string of the molecule is NS(=O)(=O)c1ccc([N+](=O)[O-])cc1N1C[C@@H]2CCC[C@@]2(C(=O)O)C1. The van der Waals surface area contributed by atoms with Crippen LogP contribution >= 0.6 is 0 Å². The van der Waals surface area contributed by atoms with Gasteiger partial charge < -0.3 is 10.0 Å². The number of hydrogen-bond donors (Lipinski definition) is 2. The molecule has 0 spiro atoms. The second-order valence-electron chi connectivity index (χ2n) is 6.39. The van der Waals surface area contributed by atoms with Gasteiger partial charge in [-0.3, -0.25) is 14.9 Å². The summed E-state index contributed by atoms with van der Waals surface area (Å²) in [5, 5.41) is 25.9. The molecular formula is C14H17N3O6S. The van der Waals surface area contributed by atoms with Gasteiger partial charge in [0.25, 0.3) is 5.69 Å². The number of sulfonamides is 1. The Balaban J connectivity index is 2.08. The van der Waals surface area contributed by atoms with Crippen LogP contribution in [0.2, 0.25) is 0 Å². The number of nitrogens with two attached hydrogens (primary N) is 1. The lowest BCUT2D eigenvalue weighted by Crippen LogP contribution is -2.36. The average molecular weight is 355 g/mol. The summed E-state index contributed by atoms with van der Waals surface area (Å²) < 4.78 is 23.6. The third kappa shape index (κ3) is 2.51. The number of carboxylic acid groups (broad SMARTS) is 1. The van der Waals surface area contributed by atoms with Gasteiger partial charge >= 0.3 is 5.97 Å². The van der Waals surface area contributed by atoms with Crippen molar-refractivity contribution in [3.8, 4) is 0 Å². The lowest BCUT2D eigenvalue weighted by molar-refractivity contribution is -0.384. The molecule has 2 fully saturated rings. The fourth-order valence-electron chi connectivity index (χ4n) is 3.93. The molecule has 0 radical (unpaired) electrons. The number of nitrogens with zero attached hydrogens (tertiary/aromatic N) is 2. The van der Waals surface area contributed by atoms with Gasteiger partial charge in [-0.05, 0) is 24.8 Å². The van der Waals surface area contributed by atoms with Crippen LogP contribution in [0.3, 0.4) is 0 Å². The van der Waals surface area contributed by atoms with Crippen molar-refractivity contribution in [2.24, 2.45) is 16.5 Å². The van der Waals surface area contributed by atoms with Crippen LogP contribution in [0.5, 0.6) is 0 Å². The van der Waals surface area contributed by atoms with Gasteiger partial charge in [0.1, 0.15) is 4.90 Å². The van der Waals surface area contributed by atoms with Gasteiger partial charge in [0.15, 0.2) is 0 Å². The first-order valence-corrected chi connectivity index (χ1v) is 8.99. The third-order valence-electron chi connectivity index (χ3n) is 5.10. The normalized spacial score (nSPS) is 26.4. The number of nitro groups is 1. The Morgan fingerprint density at radius 1 is 1.46 bits per heavy atom. The molecule has 1 aromatic carbocycles. The molecule has 1 heterocycles. The Labute approximate surface area is 138 Å². The molecule has 1 aliphatic carbocycles. The fourth-order valence-corrected chi connectivity index (χ4v) is 4.67. The number of aliphatic carboxylic acids is 1. The van der Waals surface area contributed by atoms with Crippen molar-refractivity contribution in [1.29, 1.82) is 0 Å². The minimum absolute atomic E-state index is 0.0988. The molecule has 10 heteroatoms. The van der Waals surface area contributed by atoms with Crippen molar-refractivity contribution in [3.63, 3.8) is 0 Å². The highest BCUT2D eigenvalue weighted by atomic mass is 32.2. The van der Waals surface area contributed by atoms with Gasteiger partial charge in [-0.1, -0.05) is 6.42 Å². The zero-order valence-electron chi connectivity index (χ0n) is 12.7. The van der Waals surface area contributed by atoms with Crippen LogP contribution in [-0.2, 0) is 14.8 Å². The average Bonchev–Trinajstić information content (AvgIpc) is 3.03. The Kier molecular flexibility index (Phi) is 3.76. The summed E-state index contributed by atoms with van der Waals surface area (Å²) in [5.74, 6) is -1.02. The van der Waals surface area contributed by atoms with E-state index in [4.69, 9.17) is 5.14 Å². The fraction of sp³-hybridized carbons (Fsp3) is 0.500. The first-order chi connectivity index (χ1) is 11.1. The van der Waals surface area contributed by atoms with Gasteiger partial charge in [-0.15, -0.1) is 0 Å². The van der Waals surface area contributed by atoms with Crippen molar-refractivity contribution in [1.82, 2.24) is 0 Å². The summed E-state index contributed by atoms with van der Waals surface area (Å²) in [6.45, 7) is 0.465. The quantitative estimate of drug-likeness (QED) is 0.604. The summed E-state index contributed by atoms with van der Waals surface area (Å²) >= 11 is 0. The molecule has 3 rings (SSSR count). The van der Waals surface area contributed by atoms with E-state index in [1.807, 2.05) is 0 Å². The van der Waals surface area contributed by atoms with E-state index in [-0.39, 0.29) is 28.7 Å². The van der Waals surface area contributed by atoms with Gasteiger partial charge in [0, 0.05) is 25.2 Å². The van der Waals surface area contributed by atoms with E-state index in [2.05, 4.69) is 0 Å². The molecule has 0 unspecified atom stereocenters. The maximum absolute atomic E-state index is 11.8. The number of primary sulfonamides is 1. The zero-order chi connectivity index (χ0) is 17.7. The zero-order valence-corrected chi connectivity index (χ0v) is 13.5. The molecule has 2 aliphatic rings. The minimum Gasteiger partial charge on any atom is -0.481 e. The van der Waals surface area contributed by atoms with Gasteiger partial charge in [0.05, 0.1) is 16.0 Å². The number of rotatable bonds is 4. The van der Waals surface area contributed by atoms with Crippen LogP contribution in [0.15, 0.2) is 23.1 Å². The van der Waals surface area contributed by atoms with E-state index in [0.29, 0.717) is 13.0 Å². The topological polar surface area (TPSA) is 144 Å². The number of benzene rings is 1. The Bertz CT molecular complexity index is 824. The van der Waals surface area contributed by atoms with Gasteiger partial charge in [-0.25, -0.2) is 13.6 Å². The van der Waals surface area contributed by atoms with Crippen molar-refractivity contribution >= 4 is 27.4 Å². The van der Waals surface area contributed by atoms with Gasteiger partial charge in [0.2, 0.25) is 10.0 Å². The van der Waals surface area contributed by atoms with E-state index < -0.39 is 26.3 Å². The lowest BCUT2D eigenvalue weighted by atomic mass is 9.81. The standard InChI is InChI=1S/C14H17N3O6S/c15-24(22,23)12-4-3-10(17(20)21)6-11(12)16-7-9-2-1-5-14(9,8-16)13(18)19/h3-4,6,9H,1-2,5,7-8H2,(H,18,19)(H2,15,22,23)/t9-,14+/m0/s1. The van der Waals surface area contributed by atoms with E-state index in [0.717, 1.165) is 31.0 Å². The van der Waals surface area contributed by atoms with Crippen molar-refractivity contribution in [3.05, 3.63) is 28.3 Å². The molecule has 130 valence electrons. The number of anilines is 1. The van der Waals surface area contributed by atoms with Crippen molar-refractivity contribution in [2.75, 3.05) is 18.0 Å². The maximum Gasteiger partial charge on any atom is 0.311 e. The van der Waals surface area contributed by atoms with E-state index in [1.165, 1.54) is 0 Å². The molecule has 3 N–H and O–H groups in total. The number of carboxylic acids is 1. The predicted molar refractivity (Wildman–Crippen MR) is 84.1 cm³/mol. The minimum atomic E-state index is -4.09. The first-order valence-electron chi connectivity index (χ1n) is 7.45. The number of hydrogen-bond acceptors (Lipinski definition) is 6. The summed E-state index contributed by atoms with van der Waals surface area (Å²) in [7, 11) is -4.09. The summed E-state index contributed by atoms with van der Waals surface area (Å²) in [4.78, 5) is 23.5. The second kappa shape index (κ2) is 5.42. The van der Waals surface area contributed by atoms with Gasteiger partial charge in [-0.2, -0.15) is 0 Å². The summed E-state index contributed by atoms with van der Waals surface area (Å²) in [6.07, 6.45) is 2.06. The number of non-ortho nitro benzene ring substituents is 1. The molecule has 0 bridgehead atoms.